The van der Waals surface area contributed by atoms with Crippen LogP contribution in [0.4, 0.5) is 26.3 Å². The molecule has 1 aromatic rings. The molecule has 41 heavy (non-hydrogen) atoms. The summed E-state index contributed by atoms with van der Waals surface area (Å²) in [4.78, 5) is 17.7. The van der Waals surface area contributed by atoms with Gasteiger partial charge in [0.15, 0.2) is 0 Å². The first-order chi connectivity index (χ1) is 19.2. The van der Waals surface area contributed by atoms with Crippen molar-refractivity contribution in [3.8, 4) is 0 Å². The molecule has 1 unspecified atom stereocenters. The van der Waals surface area contributed by atoms with Gasteiger partial charge in [0.05, 0.1) is 22.6 Å². The van der Waals surface area contributed by atoms with E-state index in [2.05, 4.69) is 16.8 Å². The number of benzene rings is 1. The van der Waals surface area contributed by atoms with E-state index in [4.69, 9.17) is 4.74 Å². The van der Waals surface area contributed by atoms with Crippen molar-refractivity contribution < 1.29 is 44.3 Å². The molecule has 3 fully saturated rings. The Labute approximate surface area is 236 Å². The molecule has 8 nitrogen and oxygen atoms in total. The van der Waals surface area contributed by atoms with Crippen LogP contribution in [-0.2, 0) is 31.9 Å². The molecule has 0 saturated carbocycles. The van der Waals surface area contributed by atoms with Crippen LogP contribution in [0, 0.1) is 0 Å². The van der Waals surface area contributed by atoms with E-state index in [1.807, 2.05) is 0 Å². The van der Waals surface area contributed by atoms with Crippen LogP contribution >= 0.6 is 0 Å². The summed E-state index contributed by atoms with van der Waals surface area (Å²) in [6.45, 7) is 3.88. The molecule has 15 heteroatoms. The summed E-state index contributed by atoms with van der Waals surface area (Å²) < 4.78 is 114. The first kappa shape index (κ1) is 32.0. The van der Waals surface area contributed by atoms with E-state index >= 15 is 0 Å². The number of amides is 1. The second-order valence-corrected chi connectivity index (χ2v) is 12.8. The largest absolute Gasteiger partial charge is 0.417 e. The third-order valence-electron chi connectivity index (χ3n) is 8.18. The molecular weight excluding hydrogens is 578 g/mol. The van der Waals surface area contributed by atoms with Crippen molar-refractivity contribution in [2.75, 3.05) is 66.1 Å². The lowest BCUT2D eigenvalue weighted by molar-refractivity contribution is -0.143. The van der Waals surface area contributed by atoms with Gasteiger partial charge in [0.1, 0.15) is 6.61 Å². The van der Waals surface area contributed by atoms with Crippen molar-refractivity contribution >= 4 is 15.9 Å². The van der Waals surface area contributed by atoms with E-state index in [-0.39, 0.29) is 50.3 Å². The third kappa shape index (κ3) is 7.72. The Kier molecular flexibility index (Phi) is 9.94. The van der Waals surface area contributed by atoms with Crippen molar-refractivity contribution in [1.29, 1.82) is 0 Å². The topological polar surface area (TPSA) is 73.4 Å². The highest BCUT2D eigenvalue weighted by atomic mass is 32.2. The number of rotatable bonds is 7. The van der Waals surface area contributed by atoms with Crippen molar-refractivity contribution in [2.45, 2.75) is 61.4 Å². The van der Waals surface area contributed by atoms with Gasteiger partial charge in [-0.25, -0.2) is 8.42 Å². The SMILES string of the molecule is CN1CCC(N2CCN(C(=O)COCC3CCCCN3S(=O)(=O)c3cc(C(F)(F)F)ccc3C(F)(F)F)CC2)CC1. The standard InChI is InChI=1S/C26H36F6N4O4S/c1-33-10-7-20(8-11-33)34-12-14-35(15-13-34)24(37)18-40-17-21-4-2-3-9-36(21)41(38,39)23-16-19(25(27,28)29)5-6-22(23)26(30,31)32/h5-6,16,20-21H,2-4,7-15,17-18H2,1H3. The zero-order valence-electron chi connectivity index (χ0n) is 22.9. The fraction of sp³-hybridized carbons (Fsp3) is 0.731. The van der Waals surface area contributed by atoms with Crippen LogP contribution in [0.1, 0.15) is 43.2 Å². The fourth-order valence-electron chi connectivity index (χ4n) is 5.80. The van der Waals surface area contributed by atoms with Gasteiger partial charge in [0.2, 0.25) is 15.9 Å². The van der Waals surface area contributed by atoms with Gasteiger partial charge in [0, 0.05) is 44.8 Å². The lowest BCUT2D eigenvalue weighted by Gasteiger charge is -2.42. The summed E-state index contributed by atoms with van der Waals surface area (Å²) in [5, 5.41) is 0. The highest BCUT2D eigenvalue weighted by molar-refractivity contribution is 7.89. The molecular formula is C26H36F6N4O4S. The minimum atomic E-state index is -5.18. The van der Waals surface area contributed by atoms with E-state index in [0.29, 0.717) is 32.0 Å². The number of alkyl halides is 6. The predicted molar refractivity (Wildman–Crippen MR) is 137 cm³/mol. The van der Waals surface area contributed by atoms with Crippen molar-refractivity contribution in [1.82, 2.24) is 19.0 Å². The Balaban J connectivity index is 1.38. The maximum Gasteiger partial charge on any atom is 0.417 e. The van der Waals surface area contributed by atoms with E-state index in [9.17, 15) is 39.6 Å². The maximum absolute atomic E-state index is 13.6. The molecule has 0 bridgehead atoms. The molecule has 1 amide bonds. The molecule has 0 spiro atoms. The Morgan fingerprint density at radius 1 is 0.902 bits per heavy atom. The maximum atomic E-state index is 13.6. The van der Waals surface area contributed by atoms with Crippen LogP contribution in [-0.4, -0.2) is 111 Å². The average Bonchev–Trinajstić information content (AvgIpc) is 2.92. The van der Waals surface area contributed by atoms with Crippen LogP contribution in [0.25, 0.3) is 0 Å². The highest BCUT2D eigenvalue weighted by Gasteiger charge is 2.43. The number of sulfonamides is 1. The monoisotopic (exact) mass is 614 g/mol. The molecule has 0 aliphatic carbocycles. The van der Waals surface area contributed by atoms with Crippen LogP contribution in [0.5, 0.6) is 0 Å². The quantitative estimate of drug-likeness (QED) is 0.438. The number of carbonyl (C=O) groups is 1. The number of hydrogen-bond donors (Lipinski definition) is 0. The highest BCUT2D eigenvalue weighted by Crippen LogP contribution is 2.40. The van der Waals surface area contributed by atoms with Gasteiger partial charge in [-0.15, -0.1) is 0 Å². The van der Waals surface area contributed by atoms with E-state index in [0.717, 1.165) is 43.3 Å². The van der Waals surface area contributed by atoms with Gasteiger partial charge in [0.25, 0.3) is 0 Å². The Morgan fingerprint density at radius 2 is 1.56 bits per heavy atom. The summed E-state index contributed by atoms with van der Waals surface area (Å²) in [5.74, 6) is -0.268. The third-order valence-corrected chi connectivity index (χ3v) is 10.2. The summed E-state index contributed by atoms with van der Waals surface area (Å²) in [6, 6.07) is -0.0137. The number of nitrogens with zero attached hydrogens (tertiary/aromatic N) is 4. The summed E-state index contributed by atoms with van der Waals surface area (Å²) in [6.07, 6.45) is -6.92. The van der Waals surface area contributed by atoms with Crippen molar-refractivity contribution in [3.05, 3.63) is 29.3 Å². The Morgan fingerprint density at radius 3 is 2.17 bits per heavy atom. The molecule has 0 aromatic heterocycles. The lowest BCUT2D eigenvalue weighted by atomic mass is 10.0. The van der Waals surface area contributed by atoms with Crippen LogP contribution in [0.15, 0.2) is 23.1 Å². The van der Waals surface area contributed by atoms with Gasteiger partial charge >= 0.3 is 12.4 Å². The van der Waals surface area contributed by atoms with Gasteiger partial charge in [-0.1, -0.05) is 6.42 Å². The van der Waals surface area contributed by atoms with Crippen molar-refractivity contribution in [3.63, 3.8) is 0 Å². The Bertz CT molecular complexity index is 1160. The number of piperidine rings is 2. The summed E-state index contributed by atoms with van der Waals surface area (Å²) >= 11 is 0. The first-order valence-corrected chi connectivity index (χ1v) is 15.2. The molecule has 232 valence electrons. The zero-order chi connectivity index (χ0) is 30.0. The van der Waals surface area contributed by atoms with E-state index < -0.39 is 44.4 Å². The summed E-state index contributed by atoms with van der Waals surface area (Å²) in [5.41, 5.74) is -3.15. The second-order valence-electron chi connectivity index (χ2n) is 10.9. The van der Waals surface area contributed by atoms with Gasteiger partial charge < -0.3 is 14.5 Å². The zero-order valence-corrected chi connectivity index (χ0v) is 23.7. The molecule has 1 aromatic carbocycles. The molecule has 3 heterocycles. The smallest absolute Gasteiger partial charge is 0.370 e. The van der Waals surface area contributed by atoms with Crippen LogP contribution < -0.4 is 0 Å². The summed E-state index contributed by atoms with van der Waals surface area (Å²) in [7, 11) is -2.87. The van der Waals surface area contributed by atoms with E-state index in [1.54, 1.807) is 4.90 Å². The number of ether oxygens (including phenoxy) is 1. The Hall–Kier alpha value is -1.94. The predicted octanol–water partition coefficient (Wildman–Crippen LogP) is 3.52. The lowest BCUT2D eigenvalue weighted by Crippen LogP contribution is -2.54. The average molecular weight is 615 g/mol. The number of halogens is 6. The van der Waals surface area contributed by atoms with Crippen molar-refractivity contribution in [2.24, 2.45) is 0 Å². The van der Waals surface area contributed by atoms with Gasteiger partial charge in [-0.05, 0) is 64.0 Å². The fourth-order valence-corrected chi connectivity index (χ4v) is 7.72. The van der Waals surface area contributed by atoms with Crippen LogP contribution in [0.3, 0.4) is 0 Å². The molecule has 3 aliphatic heterocycles. The van der Waals surface area contributed by atoms with E-state index in [1.165, 1.54) is 0 Å². The normalized spacial score (nSPS) is 23.2. The molecule has 1 atom stereocenters. The molecule has 4 rings (SSSR count). The molecule has 3 aliphatic rings. The minimum Gasteiger partial charge on any atom is -0.370 e. The second kappa shape index (κ2) is 12.7. The van der Waals surface area contributed by atoms with Crippen LogP contribution in [0.2, 0.25) is 0 Å². The first-order valence-electron chi connectivity index (χ1n) is 13.8. The van der Waals surface area contributed by atoms with Gasteiger partial charge in [-0.3, -0.25) is 9.69 Å². The molecule has 0 N–H and O–H groups in total. The van der Waals surface area contributed by atoms with Gasteiger partial charge in [-0.2, -0.15) is 30.6 Å². The molecule has 0 radical (unpaired) electrons. The number of hydrogen-bond acceptors (Lipinski definition) is 6. The number of likely N-dealkylation sites (tertiary alicyclic amines) is 1. The molecule has 3 saturated heterocycles. The minimum absolute atomic E-state index is 0.0411. The number of carbonyl (C=O) groups excluding carboxylic acids is 1. The number of piperazine rings is 1.